The Labute approximate surface area is 185 Å². The molecule has 4 aromatic rings. The molecular weight excluding hydrogens is 400 g/mol. The van der Waals surface area contributed by atoms with Crippen LogP contribution in [0.2, 0.25) is 0 Å². The number of rotatable bonds is 5. The Balaban J connectivity index is 1.26. The minimum absolute atomic E-state index is 0.261. The Hall–Kier alpha value is -3.99. The number of pyridine rings is 2. The average Bonchev–Trinajstić information content (AvgIpc) is 3.54. The number of hydrogen-bond donors (Lipinski definition) is 0. The molecule has 5 heteroatoms. The standard InChI is InChI=1S/C27H20N2O3/c30-26-24(25(27(32-26)13-14-27)20-11-15-28-16-12-20)19-6-9-22(10-7-19)31-17-21-8-5-18-3-1-2-4-23(18)29-21/h1-12,15-16H,13-14,17H2. The molecule has 0 saturated heterocycles. The van der Waals surface area contributed by atoms with Crippen LogP contribution >= 0.6 is 0 Å². The first-order chi connectivity index (χ1) is 15.7. The molecule has 1 fully saturated rings. The van der Waals surface area contributed by atoms with E-state index in [-0.39, 0.29) is 5.97 Å². The maximum Gasteiger partial charge on any atom is 0.340 e. The van der Waals surface area contributed by atoms with Crippen LogP contribution < -0.4 is 4.74 Å². The maximum absolute atomic E-state index is 12.8. The van der Waals surface area contributed by atoms with Gasteiger partial charge in [0.25, 0.3) is 0 Å². The number of esters is 1. The van der Waals surface area contributed by atoms with Gasteiger partial charge in [-0.15, -0.1) is 0 Å². The summed E-state index contributed by atoms with van der Waals surface area (Å²) in [5.41, 5.74) is 4.78. The average molecular weight is 420 g/mol. The number of carbonyl (C=O) groups is 1. The number of para-hydroxylation sites is 1. The van der Waals surface area contributed by atoms with Crippen LogP contribution in [0.5, 0.6) is 5.75 Å². The van der Waals surface area contributed by atoms with Gasteiger partial charge in [0.05, 0.1) is 16.8 Å². The zero-order valence-corrected chi connectivity index (χ0v) is 17.3. The molecule has 32 heavy (non-hydrogen) atoms. The van der Waals surface area contributed by atoms with Crippen molar-refractivity contribution in [1.29, 1.82) is 0 Å². The van der Waals surface area contributed by atoms with Gasteiger partial charge >= 0.3 is 5.97 Å². The minimum atomic E-state index is -0.468. The lowest BCUT2D eigenvalue weighted by Gasteiger charge is -2.12. The van der Waals surface area contributed by atoms with Gasteiger partial charge in [-0.3, -0.25) is 4.98 Å². The van der Waals surface area contributed by atoms with E-state index in [0.717, 1.165) is 51.9 Å². The molecule has 1 saturated carbocycles. The van der Waals surface area contributed by atoms with E-state index >= 15 is 0 Å². The molecule has 6 rings (SSSR count). The molecule has 0 atom stereocenters. The highest BCUT2D eigenvalue weighted by Crippen LogP contribution is 2.57. The summed E-state index contributed by atoms with van der Waals surface area (Å²) in [7, 11) is 0. The first kappa shape index (κ1) is 18.8. The van der Waals surface area contributed by atoms with Gasteiger partial charge in [0.2, 0.25) is 0 Å². The molecule has 0 amide bonds. The number of fused-ring (bicyclic) bond motifs is 1. The molecular formula is C27H20N2O3. The Morgan fingerprint density at radius 2 is 1.66 bits per heavy atom. The van der Waals surface area contributed by atoms with E-state index in [9.17, 15) is 4.79 Å². The number of nitrogens with zero attached hydrogens (tertiary/aromatic N) is 2. The molecule has 2 aromatic heterocycles. The summed E-state index contributed by atoms with van der Waals surface area (Å²) in [6.07, 6.45) is 5.22. The van der Waals surface area contributed by atoms with Crippen molar-refractivity contribution in [2.24, 2.45) is 0 Å². The molecule has 0 unspecified atom stereocenters. The summed E-state index contributed by atoms with van der Waals surface area (Å²) in [6.45, 7) is 0.375. The van der Waals surface area contributed by atoms with Crippen LogP contribution in [0.4, 0.5) is 0 Å². The van der Waals surface area contributed by atoms with Crippen LogP contribution in [-0.2, 0) is 16.1 Å². The normalized spacial score (nSPS) is 16.4. The molecule has 156 valence electrons. The van der Waals surface area contributed by atoms with Crippen molar-refractivity contribution < 1.29 is 14.3 Å². The van der Waals surface area contributed by atoms with Crippen LogP contribution in [0.3, 0.4) is 0 Å². The van der Waals surface area contributed by atoms with Gasteiger partial charge in [0, 0.05) is 23.4 Å². The second-order valence-electron chi connectivity index (χ2n) is 8.18. The predicted molar refractivity (Wildman–Crippen MR) is 122 cm³/mol. The van der Waals surface area contributed by atoms with E-state index in [1.54, 1.807) is 12.4 Å². The monoisotopic (exact) mass is 420 g/mol. The molecule has 3 heterocycles. The van der Waals surface area contributed by atoms with Crippen molar-refractivity contribution in [3.05, 3.63) is 102 Å². The summed E-state index contributed by atoms with van der Waals surface area (Å²) in [6, 6.07) is 23.5. The molecule has 0 bridgehead atoms. The minimum Gasteiger partial charge on any atom is -0.487 e. The summed E-state index contributed by atoms with van der Waals surface area (Å²) in [5.74, 6) is 0.464. The third kappa shape index (κ3) is 3.23. The first-order valence-electron chi connectivity index (χ1n) is 10.7. The van der Waals surface area contributed by atoms with Crippen molar-refractivity contribution in [2.45, 2.75) is 25.0 Å². The molecule has 0 radical (unpaired) electrons. The lowest BCUT2D eigenvalue weighted by Crippen LogP contribution is -2.11. The zero-order valence-electron chi connectivity index (χ0n) is 17.3. The third-order valence-electron chi connectivity index (χ3n) is 6.06. The lowest BCUT2D eigenvalue weighted by atomic mass is 9.92. The van der Waals surface area contributed by atoms with Gasteiger partial charge in [0.15, 0.2) is 0 Å². The second kappa shape index (κ2) is 7.31. The van der Waals surface area contributed by atoms with Gasteiger partial charge in [-0.25, -0.2) is 9.78 Å². The lowest BCUT2D eigenvalue weighted by molar-refractivity contribution is -0.138. The third-order valence-corrected chi connectivity index (χ3v) is 6.06. The summed E-state index contributed by atoms with van der Waals surface area (Å²) >= 11 is 0. The number of carbonyl (C=O) groups excluding carboxylic acids is 1. The predicted octanol–water partition coefficient (Wildman–Crippen LogP) is 5.21. The van der Waals surface area contributed by atoms with Crippen LogP contribution in [0.15, 0.2) is 85.2 Å². The maximum atomic E-state index is 12.8. The SMILES string of the molecule is O=C1OC2(CC2)C(c2ccncc2)=C1c1ccc(OCc2ccc3ccccc3n2)cc1. The van der Waals surface area contributed by atoms with E-state index in [1.807, 2.05) is 66.7 Å². The quantitative estimate of drug-likeness (QED) is 0.415. The number of ether oxygens (including phenoxy) is 2. The topological polar surface area (TPSA) is 61.3 Å². The van der Waals surface area contributed by atoms with Crippen molar-refractivity contribution in [3.8, 4) is 5.75 Å². The van der Waals surface area contributed by atoms with E-state index in [4.69, 9.17) is 9.47 Å². The van der Waals surface area contributed by atoms with E-state index < -0.39 is 5.60 Å². The van der Waals surface area contributed by atoms with Crippen molar-refractivity contribution in [2.75, 3.05) is 0 Å². The van der Waals surface area contributed by atoms with Gasteiger partial charge in [-0.05, 0) is 60.4 Å². The molecule has 2 aliphatic rings. The van der Waals surface area contributed by atoms with Gasteiger partial charge < -0.3 is 9.47 Å². The first-order valence-corrected chi connectivity index (χ1v) is 10.7. The van der Waals surface area contributed by atoms with Crippen molar-refractivity contribution in [1.82, 2.24) is 9.97 Å². The van der Waals surface area contributed by atoms with Gasteiger partial charge in [-0.1, -0.05) is 36.4 Å². The Bertz CT molecular complexity index is 1360. The number of hydrogen-bond acceptors (Lipinski definition) is 5. The molecule has 2 aromatic carbocycles. The van der Waals surface area contributed by atoms with Crippen LogP contribution in [-0.4, -0.2) is 21.5 Å². The number of benzene rings is 2. The highest BCUT2D eigenvalue weighted by molar-refractivity contribution is 6.29. The van der Waals surface area contributed by atoms with Gasteiger partial charge in [0.1, 0.15) is 18.0 Å². The fraction of sp³-hybridized carbons (Fsp3) is 0.148. The fourth-order valence-electron chi connectivity index (χ4n) is 4.33. The van der Waals surface area contributed by atoms with Gasteiger partial charge in [-0.2, -0.15) is 0 Å². The fourth-order valence-corrected chi connectivity index (χ4v) is 4.33. The molecule has 1 aliphatic carbocycles. The van der Waals surface area contributed by atoms with Crippen LogP contribution in [0, 0.1) is 0 Å². The van der Waals surface area contributed by atoms with Crippen LogP contribution in [0.25, 0.3) is 22.0 Å². The highest BCUT2D eigenvalue weighted by atomic mass is 16.6. The van der Waals surface area contributed by atoms with E-state index in [2.05, 4.69) is 16.0 Å². The Kier molecular flexibility index (Phi) is 4.28. The van der Waals surface area contributed by atoms with E-state index in [1.165, 1.54) is 0 Å². The molecule has 5 nitrogen and oxygen atoms in total. The summed E-state index contributed by atoms with van der Waals surface area (Å²) in [4.78, 5) is 21.5. The largest absolute Gasteiger partial charge is 0.487 e. The molecule has 1 spiro atoms. The smallest absolute Gasteiger partial charge is 0.340 e. The molecule has 1 aliphatic heterocycles. The van der Waals surface area contributed by atoms with E-state index in [0.29, 0.717) is 12.2 Å². The second-order valence-corrected chi connectivity index (χ2v) is 8.18. The van der Waals surface area contributed by atoms with Crippen molar-refractivity contribution in [3.63, 3.8) is 0 Å². The zero-order chi connectivity index (χ0) is 21.5. The van der Waals surface area contributed by atoms with Crippen molar-refractivity contribution >= 4 is 28.0 Å². The number of aromatic nitrogens is 2. The highest BCUT2D eigenvalue weighted by Gasteiger charge is 2.57. The Morgan fingerprint density at radius 3 is 2.44 bits per heavy atom. The molecule has 0 N–H and O–H groups in total. The summed E-state index contributed by atoms with van der Waals surface area (Å²) in [5, 5.41) is 1.11. The Morgan fingerprint density at radius 1 is 0.875 bits per heavy atom. The van der Waals surface area contributed by atoms with Crippen LogP contribution in [0.1, 0.15) is 29.7 Å². The summed E-state index contributed by atoms with van der Waals surface area (Å²) < 4.78 is 11.7.